The van der Waals surface area contributed by atoms with Gasteiger partial charge in [-0.1, -0.05) is 11.6 Å². The third-order valence-electron chi connectivity index (χ3n) is 7.85. The number of nitrogens with one attached hydrogen (secondary N) is 2. The number of carbonyl (C=O) groups excluding carboxylic acids is 3. The second kappa shape index (κ2) is 9.40. The van der Waals surface area contributed by atoms with Gasteiger partial charge in [-0.15, -0.1) is 0 Å². The van der Waals surface area contributed by atoms with E-state index in [1.165, 1.54) is 30.1 Å². The van der Waals surface area contributed by atoms with Crippen LogP contribution in [0.4, 0.5) is 32.4 Å². The maximum Gasteiger partial charge on any atom is 0.435 e. The molecule has 42 heavy (non-hydrogen) atoms. The zero-order chi connectivity index (χ0) is 30.3. The highest BCUT2D eigenvalue weighted by atomic mass is 35.5. The van der Waals surface area contributed by atoms with Crippen LogP contribution >= 0.6 is 11.6 Å². The molecule has 3 aliphatic rings. The van der Waals surface area contributed by atoms with Crippen LogP contribution in [0.5, 0.6) is 0 Å². The van der Waals surface area contributed by atoms with Crippen LogP contribution < -0.4 is 16.4 Å². The van der Waals surface area contributed by atoms with Gasteiger partial charge in [0.25, 0.3) is 17.7 Å². The normalized spacial score (nSPS) is 23.8. The number of imidazole rings is 1. The first-order chi connectivity index (χ1) is 19.7. The van der Waals surface area contributed by atoms with E-state index in [1.807, 2.05) is 0 Å². The Balaban J connectivity index is 1.15. The number of hydrogen-bond acceptors (Lipinski definition) is 5. The van der Waals surface area contributed by atoms with Gasteiger partial charge in [0, 0.05) is 56.3 Å². The molecule has 4 N–H and O–H groups in total. The van der Waals surface area contributed by atoms with Crippen molar-refractivity contribution in [3.05, 3.63) is 52.7 Å². The highest BCUT2D eigenvalue weighted by Crippen LogP contribution is 2.53. The Labute approximate surface area is 238 Å². The van der Waals surface area contributed by atoms with E-state index in [9.17, 15) is 36.3 Å². The molecule has 3 aromatic rings. The summed E-state index contributed by atoms with van der Waals surface area (Å²) in [4.78, 5) is 42.4. The summed E-state index contributed by atoms with van der Waals surface area (Å²) in [5, 5.41) is 8.81. The van der Waals surface area contributed by atoms with Gasteiger partial charge in [-0.05, 0) is 18.2 Å². The number of aromatic nitrogens is 4. The quantitative estimate of drug-likeness (QED) is 0.366. The molecule has 6 rings (SSSR count). The van der Waals surface area contributed by atoms with Gasteiger partial charge in [-0.25, -0.2) is 18.6 Å². The first kappa shape index (κ1) is 27.9. The molecule has 4 amide bonds. The van der Waals surface area contributed by atoms with Crippen LogP contribution in [0.1, 0.15) is 39.1 Å². The van der Waals surface area contributed by atoms with Gasteiger partial charge in [-0.3, -0.25) is 14.3 Å². The fourth-order valence-corrected chi connectivity index (χ4v) is 5.68. The lowest BCUT2D eigenvalue weighted by Crippen LogP contribution is -2.39. The van der Waals surface area contributed by atoms with Gasteiger partial charge >= 0.3 is 12.2 Å². The summed E-state index contributed by atoms with van der Waals surface area (Å²) in [7, 11) is 1.30. The monoisotopic (exact) mass is 612 g/mol. The van der Waals surface area contributed by atoms with E-state index in [1.54, 1.807) is 0 Å². The minimum absolute atomic E-state index is 0.0366. The summed E-state index contributed by atoms with van der Waals surface area (Å²) in [5.74, 6) is -4.40. The van der Waals surface area contributed by atoms with E-state index in [-0.39, 0.29) is 45.7 Å². The minimum atomic E-state index is -4.94. The number of piperidine rings is 1. The van der Waals surface area contributed by atoms with Gasteiger partial charge < -0.3 is 25.8 Å². The van der Waals surface area contributed by atoms with Crippen LogP contribution in [-0.4, -0.2) is 67.1 Å². The third kappa shape index (κ3) is 4.82. The number of alkyl halides is 5. The number of likely N-dealkylation sites (tertiary alicyclic amines) is 1. The average molecular weight is 613 g/mol. The summed E-state index contributed by atoms with van der Waals surface area (Å²) >= 11 is 6.30. The molecule has 1 unspecified atom stereocenters. The van der Waals surface area contributed by atoms with Gasteiger partial charge in [0.1, 0.15) is 6.04 Å². The van der Waals surface area contributed by atoms with E-state index in [0.717, 1.165) is 17.0 Å². The summed E-state index contributed by atoms with van der Waals surface area (Å²) in [5.41, 5.74) is 3.59. The molecule has 1 saturated heterocycles. The molecule has 3 heterocycles. The van der Waals surface area contributed by atoms with Gasteiger partial charge in [0.05, 0.1) is 28.0 Å². The van der Waals surface area contributed by atoms with Gasteiger partial charge in [0.2, 0.25) is 0 Å². The molecule has 17 heteroatoms. The largest absolute Gasteiger partial charge is 0.435 e. The molecule has 4 atom stereocenters. The Morgan fingerprint density at radius 1 is 1.14 bits per heavy atom. The van der Waals surface area contributed by atoms with E-state index >= 15 is 0 Å². The molecule has 0 spiro atoms. The lowest BCUT2D eigenvalue weighted by Gasteiger charge is -2.17. The number of carbonyl (C=O) groups is 3. The third-order valence-corrected chi connectivity index (χ3v) is 8.17. The van der Waals surface area contributed by atoms with Crippen molar-refractivity contribution < 1.29 is 36.3 Å². The molecule has 0 bridgehead atoms. The fraction of sp³-hybridized carbons (Fsp3) is 0.400. The number of hydrogen-bond donors (Lipinski definition) is 3. The van der Waals surface area contributed by atoms with Gasteiger partial charge in [0.15, 0.2) is 11.5 Å². The first-order valence-corrected chi connectivity index (χ1v) is 13.1. The number of urea groups is 1. The van der Waals surface area contributed by atoms with Crippen molar-refractivity contribution in [2.75, 3.05) is 18.4 Å². The first-order valence-electron chi connectivity index (χ1n) is 12.7. The molecule has 1 aliphatic heterocycles. The number of primary amides is 1. The smallest absolute Gasteiger partial charge is 0.351 e. The number of fused-ring (bicyclic) bond motifs is 1. The Hall–Kier alpha value is -4.21. The number of benzene rings is 1. The standard InChI is InChI=1S/C25H22ClF5N8O3/c1-37-16(14-9-39(17-5-24(17,27)28)36-19(14)25(29,30)31)6-33-20(37)22(41)34-10-2-3-11(15(26)4-10)21(40)35-18-12-7-38(23(32)42)8-13(12)18/h2-4,6,9,12-13,17-18H,5,7-8H2,1H3,(H2,32,42)(H,34,41)(H,35,40)/t12-,13+,17?,18+. The molecule has 2 aromatic heterocycles. The number of halogens is 6. The SMILES string of the molecule is Cn1c(-c2cn(C3CC3(F)F)nc2C(F)(F)F)cnc1C(=O)Nc1ccc(C(=O)N[C@H]2[C@@H]3CN(C(N)=O)C[C@@H]32)c(Cl)c1. The Morgan fingerprint density at radius 2 is 1.81 bits per heavy atom. The maximum absolute atomic E-state index is 13.7. The number of nitrogens with two attached hydrogens (primary N) is 1. The van der Waals surface area contributed by atoms with Crippen molar-refractivity contribution in [2.45, 2.75) is 30.6 Å². The van der Waals surface area contributed by atoms with E-state index in [0.29, 0.717) is 17.8 Å². The predicted octanol–water partition coefficient (Wildman–Crippen LogP) is 3.53. The molecule has 11 nitrogen and oxygen atoms in total. The summed E-state index contributed by atoms with van der Waals surface area (Å²) in [6, 6.07) is 2.08. The highest BCUT2D eigenvalue weighted by Gasteiger charge is 2.60. The topological polar surface area (TPSA) is 140 Å². The Kier molecular flexibility index (Phi) is 6.25. The maximum atomic E-state index is 13.7. The molecule has 0 radical (unpaired) electrons. The molecule has 222 valence electrons. The molecule has 1 aromatic carbocycles. The van der Waals surface area contributed by atoms with Crippen molar-refractivity contribution in [3.8, 4) is 11.3 Å². The fourth-order valence-electron chi connectivity index (χ4n) is 5.42. The number of amides is 4. The highest BCUT2D eigenvalue weighted by molar-refractivity contribution is 6.34. The lowest BCUT2D eigenvalue weighted by molar-refractivity contribution is -0.141. The minimum Gasteiger partial charge on any atom is -0.351 e. The van der Waals surface area contributed by atoms with Crippen LogP contribution in [0.15, 0.2) is 30.6 Å². The molecule has 2 saturated carbocycles. The zero-order valence-electron chi connectivity index (χ0n) is 21.6. The van der Waals surface area contributed by atoms with E-state index < -0.39 is 53.7 Å². The van der Waals surface area contributed by atoms with Crippen molar-refractivity contribution in [3.63, 3.8) is 0 Å². The van der Waals surface area contributed by atoms with Crippen molar-refractivity contribution >= 4 is 35.1 Å². The van der Waals surface area contributed by atoms with E-state index in [2.05, 4.69) is 20.7 Å². The lowest BCUT2D eigenvalue weighted by atomic mass is 10.2. The van der Waals surface area contributed by atoms with Crippen LogP contribution in [0.3, 0.4) is 0 Å². The van der Waals surface area contributed by atoms with Crippen LogP contribution in [0, 0.1) is 11.8 Å². The van der Waals surface area contributed by atoms with E-state index in [4.69, 9.17) is 17.3 Å². The number of rotatable bonds is 6. The predicted molar refractivity (Wildman–Crippen MR) is 137 cm³/mol. The molecular weight excluding hydrogens is 591 g/mol. The summed E-state index contributed by atoms with van der Waals surface area (Å²) in [6.07, 6.45) is -3.67. The Bertz CT molecular complexity index is 1620. The summed E-state index contributed by atoms with van der Waals surface area (Å²) in [6.45, 7) is 0.934. The average Bonchev–Trinajstić information content (AvgIpc) is 3.42. The second-order valence-corrected chi connectivity index (χ2v) is 11.0. The molecule has 3 fully saturated rings. The zero-order valence-corrected chi connectivity index (χ0v) is 22.4. The second-order valence-electron chi connectivity index (χ2n) is 10.6. The summed E-state index contributed by atoms with van der Waals surface area (Å²) < 4.78 is 69.7. The van der Waals surface area contributed by atoms with Crippen molar-refractivity contribution in [1.82, 2.24) is 29.5 Å². The van der Waals surface area contributed by atoms with Gasteiger partial charge in [-0.2, -0.15) is 18.3 Å². The van der Waals surface area contributed by atoms with Crippen molar-refractivity contribution in [1.29, 1.82) is 0 Å². The Morgan fingerprint density at radius 3 is 2.38 bits per heavy atom. The van der Waals surface area contributed by atoms with Crippen LogP contribution in [0.25, 0.3) is 11.3 Å². The van der Waals surface area contributed by atoms with Crippen molar-refractivity contribution in [2.24, 2.45) is 24.6 Å². The molecule has 2 aliphatic carbocycles. The van der Waals surface area contributed by atoms with Crippen LogP contribution in [0.2, 0.25) is 5.02 Å². The molecular formula is C25H22ClF5N8O3. The number of nitrogens with zero attached hydrogens (tertiary/aromatic N) is 5. The van der Waals surface area contributed by atoms with Crippen LogP contribution in [-0.2, 0) is 13.2 Å². The number of anilines is 1.